The highest BCUT2D eigenvalue weighted by Crippen LogP contribution is 2.30. The van der Waals surface area contributed by atoms with E-state index in [-0.39, 0.29) is 0 Å². The average Bonchev–Trinajstić information content (AvgIpc) is 2.61. The Kier molecular flexibility index (Phi) is 3.41. The lowest BCUT2D eigenvalue weighted by molar-refractivity contribution is 0.585. The molecule has 15 heavy (non-hydrogen) atoms. The number of aryl methyl sites for hydroxylation is 1. The van der Waals surface area contributed by atoms with Crippen LogP contribution in [0.15, 0.2) is 12.4 Å². The van der Waals surface area contributed by atoms with Crippen molar-refractivity contribution in [3.05, 3.63) is 18.1 Å². The van der Waals surface area contributed by atoms with Crippen molar-refractivity contribution in [2.24, 2.45) is 5.92 Å². The van der Waals surface area contributed by atoms with Crippen molar-refractivity contribution in [1.82, 2.24) is 9.97 Å². The smallest absolute Gasteiger partial charge is 0.129 e. The number of rotatable bonds is 3. The Morgan fingerprint density at radius 2 is 2.33 bits per heavy atom. The summed E-state index contributed by atoms with van der Waals surface area (Å²) in [6.07, 6.45) is 5.22. The van der Waals surface area contributed by atoms with Crippen LogP contribution in [0.1, 0.15) is 25.0 Å². The molecule has 0 spiro atoms. The zero-order valence-electron chi connectivity index (χ0n) is 8.91. The molecule has 0 saturated heterocycles. The van der Waals surface area contributed by atoms with Crippen molar-refractivity contribution in [3.63, 3.8) is 0 Å². The molecule has 2 unspecified atom stereocenters. The van der Waals surface area contributed by atoms with Crippen LogP contribution in [0.2, 0.25) is 0 Å². The number of halogens is 1. The van der Waals surface area contributed by atoms with Crippen LogP contribution in [0.5, 0.6) is 0 Å². The predicted octanol–water partition coefficient (Wildman–Crippen LogP) is 2.60. The van der Waals surface area contributed by atoms with Crippen LogP contribution in [0.3, 0.4) is 0 Å². The number of nitrogens with one attached hydrogen (secondary N) is 1. The van der Waals surface area contributed by atoms with E-state index in [1.54, 1.807) is 6.33 Å². The van der Waals surface area contributed by atoms with Crippen LogP contribution in [0.25, 0.3) is 0 Å². The maximum absolute atomic E-state index is 6.20. The van der Waals surface area contributed by atoms with Crippen molar-refractivity contribution < 1.29 is 0 Å². The van der Waals surface area contributed by atoms with Crippen molar-refractivity contribution in [1.29, 1.82) is 0 Å². The standard InChI is InChI=1S/C11H16ClN3/c1-8-5-11(15-7-14-8)13-6-9-3-2-4-10(9)12/h5,7,9-10H,2-4,6H2,1H3,(H,13,14,15). The molecule has 1 aliphatic rings. The maximum atomic E-state index is 6.20. The van der Waals surface area contributed by atoms with Gasteiger partial charge in [0.05, 0.1) is 0 Å². The van der Waals surface area contributed by atoms with E-state index in [0.29, 0.717) is 11.3 Å². The predicted molar refractivity (Wildman–Crippen MR) is 62.2 cm³/mol. The van der Waals surface area contributed by atoms with Gasteiger partial charge in [0.25, 0.3) is 0 Å². The first-order valence-electron chi connectivity index (χ1n) is 5.42. The van der Waals surface area contributed by atoms with Gasteiger partial charge in [0, 0.05) is 23.7 Å². The van der Waals surface area contributed by atoms with E-state index in [2.05, 4.69) is 15.3 Å². The third kappa shape index (κ3) is 2.81. The molecule has 1 N–H and O–H groups in total. The van der Waals surface area contributed by atoms with E-state index in [9.17, 15) is 0 Å². The lowest BCUT2D eigenvalue weighted by atomic mass is 10.1. The van der Waals surface area contributed by atoms with Gasteiger partial charge in [0.2, 0.25) is 0 Å². The fourth-order valence-electron chi connectivity index (χ4n) is 2.01. The highest BCUT2D eigenvalue weighted by molar-refractivity contribution is 6.20. The number of hydrogen-bond donors (Lipinski definition) is 1. The second kappa shape index (κ2) is 4.79. The largest absolute Gasteiger partial charge is 0.370 e. The van der Waals surface area contributed by atoms with E-state index in [1.165, 1.54) is 12.8 Å². The zero-order valence-corrected chi connectivity index (χ0v) is 9.67. The van der Waals surface area contributed by atoms with Gasteiger partial charge in [0.15, 0.2) is 0 Å². The molecule has 1 saturated carbocycles. The summed E-state index contributed by atoms with van der Waals surface area (Å²) in [5.41, 5.74) is 0.987. The SMILES string of the molecule is Cc1cc(NCC2CCCC2Cl)ncn1. The minimum Gasteiger partial charge on any atom is -0.370 e. The number of alkyl halides is 1. The average molecular weight is 226 g/mol. The molecule has 1 aliphatic carbocycles. The van der Waals surface area contributed by atoms with E-state index in [4.69, 9.17) is 11.6 Å². The fraction of sp³-hybridized carbons (Fsp3) is 0.636. The second-order valence-electron chi connectivity index (χ2n) is 4.13. The monoisotopic (exact) mass is 225 g/mol. The van der Waals surface area contributed by atoms with Gasteiger partial charge in [-0.3, -0.25) is 0 Å². The summed E-state index contributed by atoms with van der Waals surface area (Å²) in [4.78, 5) is 8.22. The molecule has 1 heterocycles. The third-order valence-electron chi connectivity index (χ3n) is 2.92. The van der Waals surface area contributed by atoms with Gasteiger partial charge in [-0.25, -0.2) is 9.97 Å². The number of anilines is 1. The van der Waals surface area contributed by atoms with Crippen molar-refractivity contribution in [2.75, 3.05) is 11.9 Å². The Balaban J connectivity index is 1.87. The van der Waals surface area contributed by atoms with Crippen LogP contribution in [0.4, 0.5) is 5.82 Å². The summed E-state index contributed by atoms with van der Waals surface area (Å²) < 4.78 is 0. The summed E-state index contributed by atoms with van der Waals surface area (Å²) >= 11 is 6.20. The summed E-state index contributed by atoms with van der Waals surface area (Å²) in [5, 5.41) is 3.66. The molecule has 0 aliphatic heterocycles. The van der Waals surface area contributed by atoms with Crippen molar-refractivity contribution in [2.45, 2.75) is 31.6 Å². The molecule has 4 heteroatoms. The third-order valence-corrected chi connectivity index (χ3v) is 3.49. The molecule has 1 aromatic rings. The van der Waals surface area contributed by atoms with Gasteiger partial charge in [-0.2, -0.15) is 0 Å². The number of nitrogens with zero attached hydrogens (tertiary/aromatic N) is 2. The van der Waals surface area contributed by atoms with Gasteiger partial charge >= 0.3 is 0 Å². The number of hydrogen-bond acceptors (Lipinski definition) is 3. The normalized spacial score (nSPS) is 25.5. The number of aromatic nitrogens is 2. The second-order valence-corrected chi connectivity index (χ2v) is 4.69. The first kappa shape index (κ1) is 10.7. The molecule has 0 amide bonds. The van der Waals surface area contributed by atoms with Gasteiger partial charge in [-0.15, -0.1) is 11.6 Å². The summed E-state index contributed by atoms with van der Waals surface area (Å²) in [6, 6.07) is 1.96. The molecule has 1 fully saturated rings. The molecule has 82 valence electrons. The topological polar surface area (TPSA) is 37.8 Å². The van der Waals surface area contributed by atoms with Crippen molar-refractivity contribution in [3.8, 4) is 0 Å². The Morgan fingerprint density at radius 1 is 1.47 bits per heavy atom. The van der Waals surface area contributed by atoms with Crippen molar-refractivity contribution >= 4 is 17.4 Å². The summed E-state index contributed by atoms with van der Waals surface area (Å²) in [7, 11) is 0. The maximum Gasteiger partial charge on any atom is 0.129 e. The van der Waals surface area contributed by atoms with Crippen LogP contribution in [0, 0.1) is 12.8 Å². The summed E-state index contributed by atoms with van der Waals surface area (Å²) in [5.74, 6) is 1.49. The molecule has 2 rings (SSSR count). The Bertz CT molecular complexity index is 329. The van der Waals surface area contributed by atoms with Gasteiger partial charge < -0.3 is 5.32 Å². The molecule has 0 aromatic carbocycles. The van der Waals surface area contributed by atoms with Gasteiger partial charge in [-0.05, 0) is 25.7 Å². The van der Waals surface area contributed by atoms with Crippen LogP contribution < -0.4 is 5.32 Å². The lowest BCUT2D eigenvalue weighted by Crippen LogP contribution is -2.18. The van der Waals surface area contributed by atoms with Crippen LogP contribution >= 0.6 is 11.6 Å². The van der Waals surface area contributed by atoms with E-state index >= 15 is 0 Å². The van der Waals surface area contributed by atoms with Crippen LogP contribution in [-0.4, -0.2) is 21.9 Å². The highest BCUT2D eigenvalue weighted by Gasteiger charge is 2.24. The summed E-state index contributed by atoms with van der Waals surface area (Å²) in [6.45, 7) is 2.89. The first-order chi connectivity index (χ1) is 7.25. The Labute approximate surface area is 95.3 Å². The Hall–Kier alpha value is -0.830. The van der Waals surface area contributed by atoms with E-state index in [1.807, 2.05) is 13.0 Å². The fourth-order valence-corrected chi connectivity index (χ4v) is 2.38. The molecular formula is C11H16ClN3. The molecule has 0 radical (unpaired) electrons. The Morgan fingerprint density at radius 3 is 3.00 bits per heavy atom. The van der Waals surface area contributed by atoms with Gasteiger partial charge in [0.1, 0.15) is 12.1 Å². The highest BCUT2D eigenvalue weighted by atomic mass is 35.5. The van der Waals surface area contributed by atoms with Crippen LogP contribution in [-0.2, 0) is 0 Å². The molecule has 2 atom stereocenters. The van der Waals surface area contributed by atoms with Gasteiger partial charge in [-0.1, -0.05) is 6.42 Å². The molecule has 0 bridgehead atoms. The minimum atomic E-state index is 0.334. The quantitative estimate of drug-likeness (QED) is 0.804. The lowest BCUT2D eigenvalue weighted by Gasteiger charge is -2.14. The molecule has 1 aromatic heterocycles. The minimum absolute atomic E-state index is 0.334. The van der Waals surface area contributed by atoms with E-state index in [0.717, 1.165) is 24.5 Å². The first-order valence-corrected chi connectivity index (χ1v) is 5.86. The van der Waals surface area contributed by atoms with E-state index < -0.39 is 0 Å². The molecular weight excluding hydrogens is 210 g/mol. The molecule has 3 nitrogen and oxygen atoms in total. The zero-order chi connectivity index (χ0) is 10.7.